The number of benzene rings is 2. The van der Waals surface area contributed by atoms with Gasteiger partial charge in [-0.1, -0.05) is 0 Å². The first-order chi connectivity index (χ1) is 8.93. The predicted molar refractivity (Wildman–Crippen MR) is 68.5 cm³/mol. The molecule has 0 saturated heterocycles. The van der Waals surface area contributed by atoms with Crippen LogP contribution in [0.5, 0.6) is 5.75 Å². The van der Waals surface area contributed by atoms with Gasteiger partial charge in [0.05, 0.1) is 27.0 Å². The molecule has 1 aromatic heterocycles. The molecule has 0 fully saturated rings. The van der Waals surface area contributed by atoms with Gasteiger partial charge < -0.3 is 5.11 Å². The summed E-state index contributed by atoms with van der Waals surface area (Å²) < 4.78 is 31.1. The lowest BCUT2D eigenvalue weighted by Crippen LogP contribution is -1.98. The van der Waals surface area contributed by atoms with E-state index < -0.39 is 10.1 Å². The van der Waals surface area contributed by atoms with Crippen LogP contribution in [0.25, 0.3) is 22.1 Å². The Morgan fingerprint density at radius 2 is 1.42 bits per heavy atom. The highest BCUT2D eigenvalue weighted by molar-refractivity contribution is 7.85. The summed E-state index contributed by atoms with van der Waals surface area (Å²) in [5.74, 6) is 0.0482. The van der Waals surface area contributed by atoms with Crippen LogP contribution in [0.4, 0.5) is 0 Å². The van der Waals surface area contributed by atoms with E-state index in [2.05, 4.69) is 9.97 Å². The van der Waals surface area contributed by atoms with Crippen molar-refractivity contribution < 1.29 is 18.1 Å². The molecule has 0 saturated carbocycles. The minimum atomic E-state index is -4.27. The fourth-order valence-corrected chi connectivity index (χ4v) is 2.30. The molecule has 96 valence electrons. The van der Waals surface area contributed by atoms with Gasteiger partial charge in [-0.3, -0.25) is 4.55 Å². The van der Waals surface area contributed by atoms with Crippen molar-refractivity contribution in [2.45, 2.75) is 4.90 Å². The smallest absolute Gasteiger partial charge is 0.294 e. The van der Waals surface area contributed by atoms with Gasteiger partial charge >= 0.3 is 0 Å². The second-order valence-corrected chi connectivity index (χ2v) is 5.44. The zero-order valence-corrected chi connectivity index (χ0v) is 10.3. The molecule has 2 N–H and O–H groups in total. The summed E-state index contributed by atoms with van der Waals surface area (Å²) in [6.45, 7) is 0. The van der Waals surface area contributed by atoms with E-state index >= 15 is 0 Å². The second-order valence-electron chi connectivity index (χ2n) is 4.02. The molecule has 0 amide bonds. The van der Waals surface area contributed by atoms with Gasteiger partial charge in [0.1, 0.15) is 5.75 Å². The van der Waals surface area contributed by atoms with E-state index in [-0.39, 0.29) is 10.6 Å². The Bertz CT molecular complexity index is 906. The maximum Gasteiger partial charge on any atom is 0.294 e. The highest BCUT2D eigenvalue weighted by Crippen LogP contribution is 2.22. The zero-order chi connectivity index (χ0) is 13.6. The van der Waals surface area contributed by atoms with Crippen molar-refractivity contribution in [2.24, 2.45) is 0 Å². The number of phenolic OH excluding ortho intramolecular Hbond substituents is 1. The first-order valence-corrected chi connectivity index (χ1v) is 6.75. The van der Waals surface area contributed by atoms with Crippen LogP contribution in [-0.4, -0.2) is 28.0 Å². The SMILES string of the molecule is O=S(=O)(O)c1ccc2nc3ccc(O)cc3nc2c1. The summed E-state index contributed by atoms with van der Waals surface area (Å²) in [5, 5.41) is 9.38. The molecule has 0 atom stereocenters. The number of nitrogens with zero attached hydrogens (tertiary/aromatic N) is 2. The Morgan fingerprint density at radius 3 is 2.11 bits per heavy atom. The van der Waals surface area contributed by atoms with E-state index in [1.165, 1.54) is 30.3 Å². The number of aromatic hydroxyl groups is 1. The Kier molecular flexibility index (Phi) is 2.41. The summed E-state index contributed by atoms with van der Waals surface area (Å²) in [5.41, 5.74) is 1.86. The quantitative estimate of drug-likeness (QED) is 0.518. The second kappa shape index (κ2) is 3.87. The van der Waals surface area contributed by atoms with Crippen molar-refractivity contribution in [3.63, 3.8) is 0 Å². The fourth-order valence-electron chi connectivity index (χ4n) is 1.80. The maximum absolute atomic E-state index is 11.1. The van der Waals surface area contributed by atoms with Gasteiger partial charge in [0.15, 0.2) is 0 Å². The normalized spacial score (nSPS) is 12.1. The first kappa shape index (κ1) is 11.8. The topological polar surface area (TPSA) is 100 Å². The summed E-state index contributed by atoms with van der Waals surface area (Å²) in [4.78, 5) is 8.26. The molecular formula is C12H8N2O4S. The standard InChI is InChI=1S/C12H8N2O4S/c15-7-1-3-9-11(5-7)14-12-6-8(19(16,17)18)2-4-10(12)13-9/h1-6,15H,(H,16,17,18). The number of hydrogen-bond donors (Lipinski definition) is 2. The van der Waals surface area contributed by atoms with Crippen molar-refractivity contribution in [3.8, 4) is 5.75 Å². The van der Waals surface area contributed by atoms with E-state index in [4.69, 9.17) is 4.55 Å². The van der Waals surface area contributed by atoms with Gasteiger partial charge in [0, 0.05) is 6.07 Å². The fraction of sp³-hybridized carbons (Fsp3) is 0. The number of hydrogen-bond acceptors (Lipinski definition) is 5. The molecule has 0 spiro atoms. The molecule has 0 unspecified atom stereocenters. The summed E-state index contributed by atoms with van der Waals surface area (Å²) in [6.07, 6.45) is 0. The molecule has 7 heteroatoms. The number of phenols is 1. The molecule has 0 aliphatic heterocycles. The molecule has 6 nitrogen and oxygen atoms in total. The summed E-state index contributed by atoms with van der Waals surface area (Å²) in [7, 11) is -4.27. The van der Waals surface area contributed by atoms with Crippen LogP contribution in [0.2, 0.25) is 0 Å². The van der Waals surface area contributed by atoms with Crippen LogP contribution in [0, 0.1) is 0 Å². The molecule has 1 heterocycles. The Labute approximate surface area is 108 Å². The summed E-state index contributed by atoms with van der Waals surface area (Å²) in [6, 6.07) is 8.52. The van der Waals surface area contributed by atoms with Crippen molar-refractivity contribution in [1.82, 2.24) is 9.97 Å². The molecular weight excluding hydrogens is 268 g/mol. The molecule has 3 aromatic rings. The van der Waals surface area contributed by atoms with Crippen LogP contribution < -0.4 is 0 Å². The monoisotopic (exact) mass is 276 g/mol. The van der Waals surface area contributed by atoms with Gasteiger partial charge in [0.2, 0.25) is 0 Å². The van der Waals surface area contributed by atoms with Crippen LogP contribution >= 0.6 is 0 Å². The Hall–Kier alpha value is -2.25. The Morgan fingerprint density at radius 1 is 0.842 bits per heavy atom. The lowest BCUT2D eigenvalue weighted by Gasteiger charge is -2.03. The largest absolute Gasteiger partial charge is 0.508 e. The maximum atomic E-state index is 11.1. The summed E-state index contributed by atoms with van der Waals surface area (Å²) >= 11 is 0. The van der Waals surface area contributed by atoms with Crippen LogP contribution in [0.3, 0.4) is 0 Å². The molecule has 2 aromatic carbocycles. The number of fused-ring (bicyclic) bond motifs is 2. The van der Waals surface area contributed by atoms with Gasteiger partial charge in [-0.25, -0.2) is 9.97 Å². The predicted octanol–water partition coefficient (Wildman–Crippen LogP) is 1.74. The molecule has 0 bridgehead atoms. The average Bonchev–Trinajstić information content (AvgIpc) is 2.34. The van der Waals surface area contributed by atoms with Gasteiger partial charge in [-0.2, -0.15) is 8.42 Å². The average molecular weight is 276 g/mol. The number of rotatable bonds is 1. The first-order valence-electron chi connectivity index (χ1n) is 5.31. The third kappa shape index (κ3) is 2.09. The van der Waals surface area contributed by atoms with Crippen molar-refractivity contribution >= 4 is 32.2 Å². The van der Waals surface area contributed by atoms with Crippen LogP contribution in [0.15, 0.2) is 41.3 Å². The lowest BCUT2D eigenvalue weighted by molar-refractivity contribution is 0.476. The minimum Gasteiger partial charge on any atom is -0.508 e. The van der Waals surface area contributed by atoms with Gasteiger partial charge in [0.25, 0.3) is 10.1 Å². The molecule has 19 heavy (non-hydrogen) atoms. The lowest BCUT2D eigenvalue weighted by atomic mass is 10.2. The van der Waals surface area contributed by atoms with Gasteiger partial charge in [-0.05, 0) is 30.3 Å². The van der Waals surface area contributed by atoms with E-state index in [9.17, 15) is 13.5 Å². The van der Waals surface area contributed by atoms with E-state index in [0.29, 0.717) is 22.1 Å². The third-order valence-corrected chi connectivity index (χ3v) is 3.54. The van der Waals surface area contributed by atoms with Crippen molar-refractivity contribution in [3.05, 3.63) is 36.4 Å². The van der Waals surface area contributed by atoms with Crippen molar-refractivity contribution in [2.75, 3.05) is 0 Å². The molecule has 3 rings (SSSR count). The highest BCUT2D eigenvalue weighted by atomic mass is 32.2. The number of aromatic nitrogens is 2. The molecule has 0 aliphatic carbocycles. The molecule has 0 radical (unpaired) electrons. The Balaban J connectivity index is 2.36. The molecule has 0 aliphatic rings. The van der Waals surface area contributed by atoms with E-state index in [1.54, 1.807) is 6.07 Å². The third-order valence-electron chi connectivity index (χ3n) is 2.69. The van der Waals surface area contributed by atoms with Crippen molar-refractivity contribution in [1.29, 1.82) is 0 Å². The highest BCUT2D eigenvalue weighted by Gasteiger charge is 2.11. The van der Waals surface area contributed by atoms with E-state index in [1.807, 2.05) is 0 Å². The zero-order valence-electron chi connectivity index (χ0n) is 9.48. The van der Waals surface area contributed by atoms with Gasteiger partial charge in [-0.15, -0.1) is 0 Å². The minimum absolute atomic E-state index is 0.0482. The van der Waals surface area contributed by atoms with Crippen LogP contribution in [-0.2, 0) is 10.1 Å². The van der Waals surface area contributed by atoms with Crippen LogP contribution in [0.1, 0.15) is 0 Å². The van der Waals surface area contributed by atoms with E-state index in [0.717, 1.165) is 0 Å².